The zero-order valence-electron chi connectivity index (χ0n) is 30.3. The molecule has 10 rings (SSSR count). The van der Waals surface area contributed by atoms with Crippen molar-refractivity contribution in [3.8, 4) is 0 Å². The van der Waals surface area contributed by atoms with Gasteiger partial charge in [0.05, 0.1) is 22.9 Å². The molecule has 13 heteroatoms. The van der Waals surface area contributed by atoms with Crippen LogP contribution in [0, 0.1) is 22.5 Å². The quantitative estimate of drug-likeness (QED) is 0.174. The number of hydrogen-bond donors (Lipinski definition) is 2. The van der Waals surface area contributed by atoms with Crippen LogP contribution in [0.3, 0.4) is 0 Å². The number of likely N-dealkylation sites (tertiary alicyclic amines) is 2. The number of aromatic amines is 2. The fourth-order valence-electron chi connectivity index (χ4n) is 10.1. The van der Waals surface area contributed by atoms with E-state index in [0.717, 1.165) is 96.7 Å². The van der Waals surface area contributed by atoms with Gasteiger partial charge >= 0.3 is 0 Å². The number of carbonyl (C=O) groups excluding carboxylic acids is 1. The molecular formula is C41H42F2N10O. The predicted octanol–water partition coefficient (Wildman–Crippen LogP) is 6.06. The minimum atomic E-state index is -0.553. The first-order valence-electron chi connectivity index (χ1n) is 18.7. The number of benzene rings is 2. The van der Waals surface area contributed by atoms with E-state index in [9.17, 15) is 8.78 Å². The van der Waals surface area contributed by atoms with Crippen LogP contribution in [-0.4, -0.2) is 97.8 Å². The summed E-state index contributed by atoms with van der Waals surface area (Å²) in [6, 6.07) is 16.3. The van der Waals surface area contributed by atoms with Crippen molar-refractivity contribution in [2.24, 2.45) is 10.8 Å². The summed E-state index contributed by atoms with van der Waals surface area (Å²) in [5.74, 6) is 1.22. The first-order valence-corrected chi connectivity index (χ1v) is 18.7. The third kappa shape index (κ3) is 5.38. The number of halogens is 2. The predicted molar refractivity (Wildman–Crippen MR) is 202 cm³/mol. The minimum Gasteiger partial charge on any atom is -0.356 e. The molecule has 54 heavy (non-hydrogen) atoms. The van der Waals surface area contributed by atoms with Crippen LogP contribution in [0.1, 0.15) is 48.9 Å². The van der Waals surface area contributed by atoms with Crippen LogP contribution < -0.4 is 9.80 Å². The Morgan fingerprint density at radius 2 is 1.04 bits per heavy atom. The number of rotatable bonds is 10. The van der Waals surface area contributed by atoms with Crippen molar-refractivity contribution in [1.82, 2.24) is 39.7 Å². The lowest BCUT2D eigenvalue weighted by Crippen LogP contribution is -2.69. The molecule has 2 aliphatic heterocycles. The third-order valence-corrected chi connectivity index (χ3v) is 12.9. The number of H-pyrrole nitrogens is 2. The summed E-state index contributed by atoms with van der Waals surface area (Å²) in [6.07, 6.45) is 11.0. The Hall–Kier alpha value is -5.27. The molecule has 0 radical (unpaired) electrons. The average molecular weight is 729 g/mol. The number of hydrogen-bond acceptors (Lipinski definition) is 9. The van der Waals surface area contributed by atoms with Crippen molar-refractivity contribution >= 4 is 39.5 Å². The zero-order chi connectivity index (χ0) is 36.8. The van der Waals surface area contributed by atoms with Gasteiger partial charge in [-0.05, 0) is 84.0 Å². The second kappa shape index (κ2) is 12.4. The van der Waals surface area contributed by atoms with Gasteiger partial charge < -0.3 is 19.8 Å². The number of nitrogens with zero attached hydrogens (tertiary/aromatic N) is 8. The smallest absolute Gasteiger partial charge is 0.176 e. The van der Waals surface area contributed by atoms with E-state index in [1.165, 1.54) is 24.3 Å². The normalized spacial score (nSPS) is 20.7. The lowest BCUT2D eigenvalue weighted by Gasteiger charge is -2.64. The summed E-state index contributed by atoms with van der Waals surface area (Å²) in [4.78, 5) is 48.4. The van der Waals surface area contributed by atoms with Crippen LogP contribution in [0.4, 0.5) is 20.4 Å². The molecule has 0 bridgehead atoms. The maximum atomic E-state index is 15.1. The van der Waals surface area contributed by atoms with Gasteiger partial charge in [-0.25, -0.2) is 28.7 Å². The minimum absolute atomic E-state index is 0.0468. The molecule has 2 spiro atoms. The molecular weight excluding hydrogens is 687 g/mol. The molecule has 2 aromatic carbocycles. The van der Waals surface area contributed by atoms with Gasteiger partial charge in [0.2, 0.25) is 0 Å². The van der Waals surface area contributed by atoms with Gasteiger partial charge in [0, 0.05) is 64.8 Å². The molecule has 276 valence electrons. The van der Waals surface area contributed by atoms with Gasteiger partial charge in [0.15, 0.2) is 5.78 Å². The number of anilines is 2. The Morgan fingerprint density at radius 1 is 0.648 bits per heavy atom. The van der Waals surface area contributed by atoms with Crippen molar-refractivity contribution in [3.05, 3.63) is 108 Å². The fourth-order valence-corrected chi connectivity index (χ4v) is 10.1. The van der Waals surface area contributed by atoms with Crippen LogP contribution in [0.15, 0.2) is 85.7 Å². The Balaban J connectivity index is 0.866. The van der Waals surface area contributed by atoms with Crippen LogP contribution in [0.2, 0.25) is 0 Å². The Morgan fingerprint density at radius 3 is 1.43 bits per heavy atom. The van der Waals surface area contributed by atoms with E-state index in [4.69, 9.17) is 0 Å². The zero-order valence-corrected chi connectivity index (χ0v) is 30.3. The molecule has 2 atom stereocenters. The van der Waals surface area contributed by atoms with Gasteiger partial charge in [-0.1, -0.05) is 24.3 Å². The molecule has 0 amide bonds. The number of aromatic nitrogens is 6. The van der Waals surface area contributed by atoms with Crippen LogP contribution in [0.25, 0.3) is 22.1 Å². The van der Waals surface area contributed by atoms with E-state index < -0.39 is 12.1 Å². The summed E-state index contributed by atoms with van der Waals surface area (Å²) in [7, 11) is 4.19. The van der Waals surface area contributed by atoms with Crippen LogP contribution >= 0.6 is 0 Å². The maximum Gasteiger partial charge on any atom is 0.176 e. The summed E-state index contributed by atoms with van der Waals surface area (Å²) >= 11 is 0. The van der Waals surface area contributed by atoms with E-state index in [2.05, 4.69) is 63.6 Å². The number of carbonyl (C=O) groups is 1. The molecule has 6 aromatic rings. The van der Waals surface area contributed by atoms with E-state index in [-0.39, 0.29) is 28.2 Å². The number of ketones is 1. The average Bonchev–Trinajstić information content (AvgIpc) is 3.80. The third-order valence-electron chi connectivity index (χ3n) is 12.9. The van der Waals surface area contributed by atoms with Crippen LogP contribution in [-0.2, 0) is 4.79 Å². The first kappa shape index (κ1) is 33.3. The largest absolute Gasteiger partial charge is 0.356 e. The Kier molecular flexibility index (Phi) is 7.64. The summed E-state index contributed by atoms with van der Waals surface area (Å²) < 4.78 is 28.5. The van der Waals surface area contributed by atoms with Crippen molar-refractivity contribution in [1.29, 1.82) is 0 Å². The molecule has 2 unspecified atom stereocenters. The van der Waals surface area contributed by atoms with Gasteiger partial charge in [-0.3, -0.25) is 14.6 Å². The second-order valence-corrected chi connectivity index (χ2v) is 16.3. The highest BCUT2D eigenvalue weighted by molar-refractivity contribution is 5.92. The summed E-state index contributed by atoms with van der Waals surface area (Å²) in [5.41, 5.74) is 3.44. The lowest BCUT2D eigenvalue weighted by atomic mass is 9.59. The number of fused-ring (bicyclic) bond motifs is 2. The molecule has 4 fully saturated rings. The molecule has 2 saturated carbocycles. The van der Waals surface area contributed by atoms with Gasteiger partial charge in [0.1, 0.15) is 47.2 Å². The number of Topliss-reactive ketones (excluding diaryl/α,β-unsaturated/α-hetero) is 1. The molecule has 2 aliphatic carbocycles. The Labute approximate surface area is 311 Å². The SMILES string of the molecule is CN(c1ncnc2[nH]ccc12)C1CC2(C1)CN(C(C(=O)C(c1ccc(F)cc1)N1CC3(CC(N(C)c4ncnc5[nH]ccc45)C3)C1)c1ccc(F)cc1)C2. The monoisotopic (exact) mass is 728 g/mol. The molecule has 11 nitrogen and oxygen atoms in total. The van der Waals surface area contributed by atoms with E-state index in [0.29, 0.717) is 12.1 Å². The van der Waals surface area contributed by atoms with E-state index >= 15 is 4.79 Å². The second-order valence-electron chi connectivity index (χ2n) is 16.3. The van der Waals surface area contributed by atoms with Crippen molar-refractivity contribution < 1.29 is 13.6 Å². The number of nitrogens with one attached hydrogen (secondary N) is 2. The molecule has 6 heterocycles. The summed E-state index contributed by atoms with van der Waals surface area (Å²) in [5, 5.41) is 2.01. The molecule has 4 aliphatic rings. The standard InChI is InChI=1S/C41H42F2N10O/c1-50(38-31-11-13-44-36(31)46-23-48-38)29-15-40(16-29)19-52(20-40)33(25-3-7-27(42)8-4-25)35(54)34(26-5-9-28(43)10-6-26)53-21-41(22-53)17-30(18-41)51(2)39-32-12-14-45-37(32)47-24-49-39/h3-14,23-24,29-30,33-34H,15-22H2,1-2H3,(H,44,46,48)(H,45,47,49). The molecule has 4 aromatic heterocycles. The van der Waals surface area contributed by atoms with Crippen molar-refractivity contribution in [2.45, 2.75) is 49.9 Å². The van der Waals surface area contributed by atoms with E-state index in [1.807, 2.05) is 24.5 Å². The van der Waals surface area contributed by atoms with Gasteiger partial charge in [0.25, 0.3) is 0 Å². The summed E-state index contributed by atoms with van der Waals surface area (Å²) in [6.45, 7) is 3.11. The van der Waals surface area contributed by atoms with Gasteiger partial charge in [-0.15, -0.1) is 0 Å². The Bertz CT molecular complexity index is 2170. The van der Waals surface area contributed by atoms with Crippen LogP contribution in [0.5, 0.6) is 0 Å². The lowest BCUT2D eigenvalue weighted by molar-refractivity contribution is -0.153. The van der Waals surface area contributed by atoms with Gasteiger partial charge in [-0.2, -0.15) is 0 Å². The highest BCUT2D eigenvalue weighted by Gasteiger charge is 2.59. The highest BCUT2D eigenvalue weighted by atomic mass is 19.1. The first-order chi connectivity index (χ1) is 26.2. The van der Waals surface area contributed by atoms with Crippen molar-refractivity contribution in [3.63, 3.8) is 0 Å². The topological polar surface area (TPSA) is 113 Å². The maximum absolute atomic E-state index is 15.1. The molecule has 2 N–H and O–H groups in total. The van der Waals surface area contributed by atoms with E-state index in [1.54, 1.807) is 36.9 Å². The molecule has 2 saturated heterocycles. The highest BCUT2D eigenvalue weighted by Crippen LogP contribution is 2.56. The van der Waals surface area contributed by atoms with Crippen molar-refractivity contribution in [2.75, 3.05) is 50.1 Å². The fraction of sp³-hybridized carbons (Fsp3) is 0.390.